The smallest absolute Gasteiger partial charge is 0.244 e. The van der Waals surface area contributed by atoms with Gasteiger partial charge >= 0.3 is 17.4 Å². The van der Waals surface area contributed by atoms with E-state index in [1.54, 1.807) is 0 Å². The van der Waals surface area contributed by atoms with Gasteiger partial charge in [0.1, 0.15) is 5.15 Å². The molecule has 26 heavy (non-hydrogen) atoms. The second kappa shape index (κ2) is 7.48. The summed E-state index contributed by atoms with van der Waals surface area (Å²) in [6.45, 7) is 0. The predicted octanol–water partition coefficient (Wildman–Crippen LogP) is 7.81. The van der Waals surface area contributed by atoms with Crippen LogP contribution in [0.3, 0.4) is 0 Å². The lowest BCUT2D eigenvalue weighted by Crippen LogP contribution is -2.49. The maximum Gasteiger partial charge on any atom is 0.460 e. The molecule has 0 atom stereocenters. The predicted molar refractivity (Wildman–Crippen MR) is 91.9 cm³/mol. The van der Waals surface area contributed by atoms with Crippen molar-refractivity contribution in [3.63, 3.8) is 0 Å². The summed E-state index contributed by atoms with van der Waals surface area (Å²) in [5, 5.41) is -5.60. The number of benzene rings is 1. The van der Waals surface area contributed by atoms with Crippen molar-refractivity contribution < 1.29 is 30.7 Å². The third-order valence-electron chi connectivity index (χ3n) is 3.01. The fourth-order valence-electron chi connectivity index (χ4n) is 1.83. The molecule has 12 heteroatoms. The minimum absolute atomic E-state index is 0.0853. The minimum atomic E-state index is -6.42. The number of pyridine rings is 1. The quantitative estimate of drug-likeness (QED) is 0.220. The van der Waals surface area contributed by atoms with Gasteiger partial charge < -0.3 is 0 Å². The van der Waals surface area contributed by atoms with E-state index < -0.39 is 34.0 Å². The summed E-state index contributed by atoms with van der Waals surface area (Å²) in [5.74, 6) is -6.24. The number of rotatable bonds is 4. The lowest BCUT2D eigenvalue weighted by Gasteiger charge is -2.28. The first-order valence-electron chi connectivity index (χ1n) is 6.39. The second-order valence-corrected chi connectivity index (χ2v) is 8.08. The Morgan fingerprint density at radius 3 is 2.15 bits per heavy atom. The first-order valence-corrected chi connectivity index (χ1v) is 9.17. The highest BCUT2D eigenvalue weighted by Gasteiger charge is 2.73. The molecule has 0 spiro atoms. The second-order valence-electron chi connectivity index (χ2n) is 4.79. The van der Waals surface area contributed by atoms with Crippen molar-refractivity contribution in [2.24, 2.45) is 0 Å². The highest BCUT2D eigenvalue weighted by Crippen LogP contribution is 2.56. The van der Waals surface area contributed by atoms with E-state index >= 15 is 0 Å². The molecule has 0 aliphatic rings. The number of alkyl halides is 7. The van der Waals surface area contributed by atoms with Crippen LogP contribution in [-0.2, 0) is 0 Å². The van der Waals surface area contributed by atoms with Crippen molar-refractivity contribution in [2.45, 2.75) is 22.2 Å². The van der Waals surface area contributed by atoms with Crippen LogP contribution in [0.2, 0.25) is 5.15 Å². The summed E-state index contributed by atoms with van der Waals surface area (Å²) >= 11 is 11.1. The van der Waals surface area contributed by atoms with Crippen LogP contribution in [0.4, 0.5) is 30.7 Å². The van der Waals surface area contributed by atoms with E-state index in [4.69, 9.17) is 11.6 Å². The van der Waals surface area contributed by atoms with Gasteiger partial charge in [0.05, 0.1) is 0 Å². The molecule has 0 aliphatic heterocycles. The van der Waals surface area contributed by atoms with Gasteiger partial charge in [-0.05, 0) is 36.0 Å². The van der Waals surface area contributed by atoms with Crippen molar-refractivity contribution in [1.29, 1.82) is 0 Å². The molecule has 0 fully saturated rings. The fraction of sp³-hybridized carbons (Fsp3) is 0.214. The van der Waals surface area contributed by atoms with E-state index in [2.05, 4.69) is 36.8 Å². The molecule has 1 nitrogen and oxygen atoms in total. The van der Waals surface area contributed by atoms with Crippen LogP contribution in [0.25, 0.3) is 11.1 Å². The minimum Gasteiger partial charge on any atom is -0.244 e. The van der Waals surface area contributed by atoms with E-state index in [0.29, 0.717) is 0 Å². The van der Waals surface area contributed by atoms with Gasteiger partial charge in [-0.2, -0.15) is 30.7 Å². The molecule has 0 saturated heterocycles. The van der Waals surface area contributed by atoms with Gasteiger partial charge in [-0.25, -0.2) is 4.98 Å². The molecular weight excluding hydrogens is 542 g/mol. The van der Waals surface area contributed by atoms with Gasteiger partial charge in [-0.1, -0.05) is 43.5 Å². The molecule has 0 saturated carbocycles. The normalized spacial score (nSPS) is 13.2. The molecule has 2 rings (SSSR count). The topological polar surface area (TPSA) is 12.9 Å². The van der Waals surface area contributed by atoms with Gasteiger partial charge in [0.15, 0.2) is 0 Å². The van der Waals surface area contributed by atoms with Crippen LogP contribution >= 0.6 is 55.2 Å². The summed E-state index contributed by atoms with van der Waals surface area (Å²) in [7, 11) is 0. The van der Waals surface area contributed by atoms with Gasteiger partial charge in [0.25, 0.3) is 0 Å². The van der Waals surface area contributed by atoms with Gasteiger partial charge in [0, 0.05) is 31.2 Å². The van der Waals surface area contributed by atoms with Gasteiger partial charge in [-0.15, -0.1) is 0 Å². The average Bonchev–Trinajstić information content (AvgIpc) is 2.46. The number of nitrogens with zero attached hydrogens (tertiary/aromatic N) is 1. The molecule has 1 aromatic carbocycles. The van der Waals surface area contributed by atoms with Crippen LogP contribution < -0.4 is 0 Å². The summed E-state index contributed by atoms with van der Waals surface area (Å²) in [4.78, 5) is 3.21. The largest absolute Gasteiger partial charge is 0.460 e. The molecule has 0 N–H and O–H groups in total. The number of aromatic nitrogens is 1. The Bertz CT molecular complexity index is 829. The van der Waals surface area contributed by atoms with Crippen molar-refractivity contribution in [2.75, 3.05) is 0 Å². The number of hydrogen-bond donors (Lipinski definition) is 0. The Morgan fingerprint density at radius 2 is 1.62 bits per heavy atom. The Kier molecular flexibility index (Phi) is 6.26. The summed E-state index contributed by atoms with van der Waals surface area (Å²) in [6, 6.07) is 5.18. The van der Waals surface area contributed by atoms with Crippen LogP contribution in [0.5, 0.6) is 0 Å². The molecule has 0 radical (unpaired) electrons. The van der Waals surface area contributed by atoms with Gasteiger partial charge in [0.2, 0.25) is 0 Å². The molecule has 2 aromatic rings. The third kappa shape index (κ3) is 4.15. The first kappa shape index (κ1) is 21.8. The molecule has 1 heterocycles. The van der Waals surface area contributed by atoms with E-state index in [1.807, 2.05) is 0 Å². The maximum absolute atomic E-state index is 13.9. The fourth-order valence-corrected chi connectivity index (χ4v) is 4.79. The number of thioether (sulfide) groups is 1. The zero-order chi connectivity index (χ0) is 19.9. The zero-order valence-corrected chi connectivity index (χ0v) is 16.8. The maximum atomic E-state index is 13.9. The first-order chi connectivity index (χ1) is 11.8. The van der Waals surface area contributed by atoms with E-state index in [0.717, 1.165) is 6.07 Å². The Labute approximate surface area is 168 Å². The average molecular weight is 548 g/mol. The molecule has 0 unspecified atom stereocenters. The van der Waals surface area contributed by atoms with Crippen molar-refractivity contribution in [1.82, 2.24) is 4.98 Å². The SMILES string of the molecule is FC(F)(F)C(F)(F)C(F)(F)Sc1cc(Br)cc(Br)c1-c1cccnc1Cl. The standard InChI is InChI=1S/C14H5Br2ClF7NS/c15-6-4-8(16)10(7-2-1-3-25-11(7)17)9(5-6)26-14(23,24)12(18,19)13(20,21)22/h1-5H. The highest BCUT2D eigenvalue weighted by atomic mass is 79.9. The summed E-state index contributed by atoms with van der Waals surface area (Å²) < 4.78 is 91.7. The molecular formula is C14H5Br2ClF7NS. The number of halogens is 10. The van der Waals surface area contributed by atoms with Crippen molar-refractivity contribution >= 4 is 55.2 Å². The molecule has 0 amide bonds. The van der Waals surface area contributed by atoms with E-state index in [9.17, 15) is 30.7 Å². The van der Waals surface area contributed by atoms with Crippen LogP contribution in [0.15, 0.2) is 44.3 Å². The van der Waals surface area contributed by atoms with E-state index in [1.165, 1.54) is 24.4 Å². The lowest BCUT2D eigenvalue weighted by molar-refractivity contribution is -0.330. The monoisotopic (exact) mass is 545 g/mol. The van der Waals surface area contributed by atoms with Crippen molar-refractivity contribution in [3.8, 4) is 11.1 Å². The third-order valence-corrected chi connectivity index (χ3v) is 5.45. The molecule has 0 bridgehead atoms. The Hall–Kier alpha value is -0.520. The van der Waals surface area contributed by atoms with Crippen LogP contribution in [-0.4, -0.2) is 22.3 Å². The summed E-state index contributed by atoms with van der Waals surface area (Å²) in [6.07, 6.45) is -5.11. The highest BCUT2D eigenvalue weighted by molar-refractivity contribution is 9.11. The zero-order valence-electron chi connectivity index (χ0n) is 12.0. The van der Waals surface area contributed by atoms with Crippen molar-refractivity contribution in [3.05, 3.63) is 44.6 Å². The van der Waals surface area contributed by atoms with Gasteiger partial charge in [-0.3, -0.25) is 0 Å². The molecule has 0 aliphatic carbocycles. The summed E-state index contributed by atoms with van der Waals surface area (Å²) in [5.41, 5.74) is -0.00360. The van der Waals surface area contributed by atoms with E-state index in [-0.39, 0.29) is 25.2 Å². The number of hydrogen-bond acceptors (Lipinski definition) is 2. The van der Waals surface area contributed by atoms with Crippen LogP contribution in [0, 0.1) is 0 Å². The Morgan fingerprint density at radius 1 is 1.00 bits per heavy atom. The molecule has 142 valence electrons. The lowest BCUT2D eigenvalue weighted by atomic mass is 10.1. The molecule has 1 aromatic heterocycles. The van der Waals surface area contributed by atoms with Crippen LogP contribution in [0.1, 0.15) is 0 Å². The Balaban J connectivity index is 2.63.